The Balaban J connectivity index is 1.75. The SMILES string of the molecule is CC1C(c2cccc3ccccc23)=C(N2CCC(=O)CC2)C(=C=O)N1c1cnc[nH]1. The number of anilines is 1. The average Bonchev–Trinajstić information content (AvgIpc) is 3.39. The molecule has 1 atom stereocenters. The van der Waals surface area contributed by atoms with E-state index in [1.165, 1.54) is 0 Å². The summed E-state index contributed by atoms with van der Waals surface area (Å²) in [6.07, 6.45) is 4.32. The molecule has 2 aromatic carbocycles. The standard InChI is InChI=1S/C24H22N4O2/c1-16-23(20-8-4-6-17-5-2-3-7-19(17)20)24(27-11-9-18(30)10-12-27)21(14-29)28(16)22-13-25-15-26-22/h2-8,13,15-16H,9-12H2,1H3,(H,25,26). The molecule has 5 rings (SSSR count). The van der Waals surface area contributed by atoms with Gasteiger partial charge in [0.15, 0.2) is 11.6 Å². The van der Waals surface area contributed by atoms with Crippen molar-refractivity contribution >= 4 is 33.9 Å². The van der Waals surface area contributed by atoms with Gasteiger partial charge in [0.05, 0.1) is 24.3 Å². The van der Waals surface area contributed by atoms with E-state index in [-0.39, 0.29) is 11.8 Å². The van der Waals surface area contributed by atoms with Gasteiger partial charge in [0.1, 0.15) is 11.6 Å². The number of hydrogen-bond donors (Lipinski definition) is 1. The second kappa shape index (κ2) is 7.32. The maximum absolute atomic E-state index is 12.3. The van der Waals surface area contributed by atoms with Gasteiger partial charge in [-0.25, -0.2) is 9.78 Å². The van der Waals surface area contributed by atoms with Gasteiger partial charge in [-0.1, -0.05) is 42.5 Å². The van der Waals surface area contributed by atoms with Crippen molar-refractivity contribution in [3.8, 4) is 0 Å². The summed E-state index contributed by atoms with van der Waals surface area (Å²) in [5.74, 6) is 3.22. The van der Waals surface area contributed by atoms with Crippen molar-refractivity contribution in [2.45, 2.75) is 25.8 Å². The van der Waals surface area contributed by atoms with Crippen LogP contribution in [0, 0.1) is 0 Å². The van der Waals surface area contributed by atoms with Gasteiger partial charge in [-0.15, -0.1) is 0 Å². The molecule has 6 nitrogen and oxygen atoms in total. The van der Waals surface area contributed by atoms with Crippen LogP contribution < -0.4 is 4.90 Å². The van der Waals surface area contributed by atoms with Crippen LogP contribution in [0.4, 0.5) is 5.82 Å². The number of piperidine rings is 1. The lowest BCUT2D eigenvalue weighted by molar-refractivity contribution is -0.121. The van der Waals surface area contributed by atoms with Crippen molar-refractivity contribution in [3.63, 3.8) is 0 Å². The molecule has 30 heavy (non-hydrogen) atoms. The van der Waals surface area contributed by atoms with Gasteiger partial charge in [-0.3, -0.25) is 4.79 Å². The summed E-state index contributed by atoms with van der Waals surface area (Å²) >= 11 is 0. The highest BCUT2D eigenvalue weighted by Gasteiger charge is 2.40. The summed E-state index contributed by atoms with van der Waals surface area (Å²) in [5, 5.41) is 2.30. The fourth-order valence-electron chi connectivity index (χ4n) is 4.68. The Morgan fingerprint density at radius 2 is 1.87 bits per heavy atom. The maximum Gasteiger partial charge on any atom is 0.153 e. The largest absolute Gasteiger partial charge is 0.368 e. The molecule has 1 N–H and O–H groups in total. The molecule has 3 aromatic rings. The van der Waals surface area contributed by atoms with Crippen molar-refractivity contribution in [3.05, 3.63) is 71.9 Å². The van der Waals surface area contributed by atoms with Crippen LogP contribution in [0.3, 0.4) is 0 Å². The third-order valence-electron chi connectivity index (χ3n) is 6.08. The number of hydrogen-bond acceptors (Lipinski definition) is 5. The molecule has 0 spiro atoms. The van der Waals surface area contributed by atoms with E-state index in [9.17, 15) is 9.59 Å². The number of carbonyl (C=O) groups is 1. The van der Waals surface area contributed by atoms with Gasteiger partial charge in [0, 0.05) is 31.5 Å². The first-order valence-corrected chi connectivity index (χ1v) is 10.2. The number of Topliss-reactive ketones (excluding diaryl/α,β-unsaturated/α-hetero) is 1. The van der Waals surface area contributed by atoms with E-state index in [0.717, 1.165) is 33.4 Å². The molecule has 0 saturated carbocycles. The Kier molecular flexibility index (Phi) is 4.49. The fraction of sp³-hybridized carbons (Fsp3) is 0.250. The monoisotopic (exact) mass is 398 g/mol. The van der Waals surface area contributed by atoms with Crippen LogP contribution in [0.15, 0.2) is 66.4 Å². The predicted octanol–water partition coefficient (Wildman–Crippen LogP) is 3.56. The first kappa shape index (κ1) is 18.4. The minimum atomic E-state index is -0.0969. The number of H-pyrrole nitrogens is 1. The van der Waals surface area contributed by atoms with E-state index in [0.29, 0.717) is 31.6 Å². The lowest BCUT2D eigenvalue weighted by atomic mass is 9.93. The zero-order valence-corrected chi connectivity index (χ0v) is 16.8. The number of likely N-dealkylation sites (tertiary alicyclic amines) is 1. The number of nitrogens with one attached hydrogen (secondary N) is 1. The predicted molar refractivity (Wildman–Crippen MR) is 116 cm³/mol. The summed E-state index contributed by atoms with van der Waals surface area (Å²) in [6.45, 7) is 3.31. The van der Waals surface area contributed by atoms with E-state index < -0.39 is 0 Å². The molecule has 2 aliphatic rings. The molecule has 0 amide bonds. The van der Waals surface area contributed by atoms with Crippen molar-refractivity contribution in [2.24, 2.45) is 0 Å². The topological polar surface area (TPSA) is 69.3 Å². The second-order valence-electron chi connectivity index (χ2n) is 7.75. The molecular formula is C24H22N4O2. The van der Waals surface area contributed by atoms with E-state index in [1.54, 1.807) is 12.5 Å². The number of fused-ring (bicyclic) bond motifs is 1. The molecule has 2 aliphatic heterocycles. The molecular weight excluding hydrogens is 376 g/mol. The molecule has 0 radical (unpaired) electrons. The molecule has 0 bridgehead atoms. The average molecular weight is 398 g/mol. The smallest absolute Gasteiger partial charge is 0.153 e. The van der Waals surface area contributed by atoms with Crippen LogP contribution in [0.1, 0.15) is 25.3 Å². The fourth-order valence-corrected chi connectivity index (χ4v) is 4.68. The number of benzene rings is 2. The highest BCUT2D eigenvalue weighted by atomic mass is 16.1. The van der Waals surface area contributed by atoms with Crippen LogP contribution in [-0.4, -0.2) is 45.7 Å². The third-order valence-corrected chi connectivity index (χ3v) is 6.08. The summed E-state index contributed by atoms with van der Waals surface area (Å²) < 4.78 is 0. The van der Waals surface area contributed by atoms with Crippen LogP contribution in [0.5, 0.6) is 0 Å². The van der Waals surface area contributed by atoms with E-state index in [2.05, 4.69) is 58.1 Å². The molecule has 1 unspecified atom stereocenters. The third kappa shape index (κ3) is 2.85. The Morgan fingerprint density at radius 1 is 1.10 bits per heavy atom. The zero-order chi connectivity index (χ0) is 20.7. The summed E-state index contributed by atoms with van der Waals surface area (Å²) in [6, 6.07) is 14.5. The summed E-state index contributed by atoms with van der Waals surface area (Å²) in [4.78, 5) is 35.5. The number of nitrogens with zero attached hydrogens (tertiary/aromatic N) is 3. The normalized spacial score (nSPS) is 19.7. The molecule has 6 heteroatoms. The molecule has 1 aromatic heterocycles. The Morgan fingerprint density at radius 3 is 2.60 bits per heavy atom. The van der Waals surface area contributed by atoms with Gasteiger partial charge < -0.3 is 14.8 Å². The molecule has 150 valence electrons. The van der Waals surface area contributed by atoms with Crippen molar-refractivity contribution < 1.29 is 9.59 Å². The molecule has 1 fully saturated rings. The second-order valence-corrected chi connectivity index (χ2v) is 7.75. The summed E-state index contributed by atoms with van der Waals surface area (Å²) in [7, 11) is 0. The van der Waals surface area contributed by atoms with Gasteiger partial charge in [-0.2, -0.15) is 0 Å². The van der Waals surface area contributed by atoms with Crippen molar-refractivity contribution in [2.75, 3.05) is 18.0 Å². The number of imidazole rings is 1. The maximum atomic E-state index is 12.3. The van der Waals surface area contributed by atoms with Gasteiger partial charge in [-0.05, 0) is 23.3 Å². The van der Waals surface area contributed by atoms with Crippen molar-refractivity contribution in [1.82, 2.24) is 14.9 Å². The number of aromatic nitrogens is 2. The number of rotatable bonds is 3. The minimum Gasteiger partial charge on any atom is -0.368 e. The molecule has 3 heterocycles. The van der Waals surface area contributed by atoms with Crippen LogP contribution in [0.2, 0.25) is 0 Å². The van der Waals surface area contributed by atoms with Gasteiger partial charge in [0.25, 0.3) is 0 Å². The van der Waals surface area contributed by atoms with Crippen LogP contribution in [-0.2, 0) is 9.59 Å². The Hall–Kier alpha value is -3.63. The minimum absolute atomic E-state index is 0.0969. The first-order chi connectivity index (χ1) is 14.7. The highest BCUT2D eigenvalue weighted by Crippen LogP contribution is 2.44. The van der Waals surface area contributed by atoms with E-state index in [1.807, 2.05) is 17.0 Å². The summed E-state index contributed by atoms with van der Waals surface area (Å²) in [5.41, 5.74) is 3.54. The van der Waals surface area contributed by atoms with E-state index in [4.69, 9.17) is 0 Å². The Bertz CT molecular complexity index is 1190. The molecule has 0 aliphatic carbocycles. The molecule has 1 saturated heterocycles. The van der Waals surface area contributed by atoms with Gasteiger partial charge in [0.2, 0.25) is 0 Å². The van der Waals surface area contributed by atoms with Gasteiger partial charge >= 0.3 is 0 Å². The number of ketones is 1. The number of carbonyl (C=O) groups excluding carboxylic acids is 2. The Labute approximate surface area is 174 Å². The van der Waals surface area contributed by atoms with E-state index >= 15 is 0 Å². The lowest BCUT2D eigenvalue weighted by Crippen LogP contribution is -2.35. The van der Waals surface area contributed by atoms with Crippen LogP contribution >= 0.6 is 0 Å². The lowest BCUT2D eigenvalue weighted by Gasteiger charge is -2.30. The van der Waals surface area contributed by atoms with Crippen molar-refractivity contribution in [1.29, 1.82) is 0 Å². The number of aromatic amines is 1. The zero-order valence-electron chi connectivity index (χ0n) is 16.8. The highest BCUT2D eigenvalue weighted by molar-refractivity contribution is 6.00. The van der Waals surface area contributed by atoms with Crippen LogP contribution in [0.25, 0.3) is 16.3 Å². The first-order valence-electron chi connectivity index (χ1n) is 10.2. The quantitative estimate of drug-likeness (QED) is 0.683.